The first-order valence-corrected chi connectivity index (χ1v) is 3.89. The largest absolute Gasteiger partial charge is 0.480 e. The van der Waals surface area contributed by atoms with E-state index in [1.807, 2.05) is 0 Å². The summed E-state index contributed by atoms with van der Waals surface area (Å²) >= 11 is 6.73. The molecule has 0 saturated heterocycles. The van der Waals surface area contributed by atoms with Crippen molar-refractivity contribution in [2.24, 2.45) is 0 Å². The van der Waals surface area contributed by atoms with E-state index in [1.54, 1.807) is 11.5 Å². The predicted octanol–water partition coefficient (Wildman–Crippen LogP) is 1.46. The fourth-order valence-corrected chi connectivity index (χ4v) is 1.57. The average Bonchev–Trinajstić information content (AvgIpc) is 1.88. The van der Waals surface area contributed by atoms with E-state index in [-0.39, 0.29) is 0 Å². The molecule has 1 aliphatic rings. The summed E-state index contributed by atoms with van der Waals surface area (Å²) in [5.41, 5.74) is 0. The van der Waals surface area contributed by atoms with Crippen molar-refractivity contribution in [2.45, 2.75) is 12.5 Å². The molecule has 1 rings (SSSR count). The maximum atomic E-state index is 10.4. The minimum absolute atomic E-state index is 0.478. The van der Waals surface area contributed by atoms with Crippen LogP contribution in [0.4, 0.5) is 0 Å². The highest BCUT2D eigenvalue weighted by atomic mass is 35.5. The van der Waals surface area contributed by atoms with Gasteiger partial charge in [0.05, 0.1) is 0 Å². The summed E-state index contributed by atoms with van der Waals surface area (Å²) in [6, 6.07) is -0.586. The van der Waals surface area contributed by atoms with Crippen molar-refractivity contribution in [2.75, 3.05) is 0 Å². The molecule has 1 atom stereocenters. The van der Waals surface area contributed by atoms with Crippen molar-refractivity contribution in [1.29, 1.82) is 0 Å². The van der Waals surface area contributed by atoms with Gasteiger partial charge in [-0.15, -0.1) is 3.82 Å². The van der Waals surface area contributed by atoms with Crippen LogP contribution in [0.5, 0.6) is 0 Å². The first-order valence-electron chi connectivity index (χ1n) is 2.71. The van der Waals surface area contributed by atoms with Crippen LogP contribution in [0.2, 0.25) is 0 Å². The minimum Gasteiger partial charge on any atom is -0.480 e. The van der Waals surface area contributed by atoms with Gasteiger partial charge in [0.25, 0.3) is 0 Å². The summed E-state index contributed by atoms with van der Waals surface area (Å²) in [7, 11) is 0. The van der Waals surface area contributed by atoms with Crippen LogP contribution in [0, 0.1) is 0 Å². The molecular weight excluding hydrogens is 174 g/mol. The second-order valence-electron chi connectivity index (χ2n) is 1.84. The number of halogens is 1. The van der Waals surface area contributed by atoms with Crippen LogP contribution in [-0.2, 0) is 4.79 Å². The Bertz CT molecular complexity index is 173. The van der Waals surface area contributed by atoms with E-state index in [9.17, 15) is 4.79 Å². The van der Waals surface area contributed by atoms with Crippen LogP contribution < -0.4 is 0 Å². The Hall–Kier alpha value is -0.190. The fourth-order valence-electron chi connectivity index (χ4n) is 0.630. The molecule has 0 aromatic carbocycles. The van der Waals surface area contributed by atoms with E-state index in [0.717, 1.165) is 0 Å². The van der Waals surface area contributed by atoms with Gasteiger partial charge >= 0.3 is 5.97 Å². The SMILES string of the molecule is O=C(O)C1CC=CSN1Cl. The lowest BCUT2D eigenvalue weighted by molar-refractivity contribution is -0.140. The zero-order valence-electron chi connectivity index (χ0n) is 5.03. The van der Waals surface area contributed by atoms with E-state index < -0.39 is 12.0 Å². The first kappa shape index (κ1) is 7.91. The predicted molar refractivity (Wildman–Crippen MR) is 40.5 cm³/mol. The van der Waals surface area contributed by atoms with Gasteiger partial charge in [0.2, 0.25) is 0 Å². The van der Waals surface area contributed by atoms with Crippen LogP contribution in [0.15, 0.2) is 11.5 Å². The molecule has 1 aliphatic heterocycles. The van der Waals surface area contributed by atoms with E-state index >= 15 is 0 Å². The van der Waals surface area contributed by atoms with E-state index in [4.69, 9.17) is 16.9 Å². The van der Waals surface area contributed by atoms with Gasteiger partial charge in [-0.1, -0.05) is 6.08 Å². The molecule has 0 spiro atoms. The lowest BCUT2D eigenvalue weighted by atomic mass is 10.2. The summed E-state index contributed by atoms with van der Waals surface area (Å²) in [4.78, 5) is 10.4. The topological polar surface area (TPSA) is 40.5 Å². The summed E-state index contributed by atoms with van der Waals surface area (Å²) in [5.74, 6) is -0.883. The molecular formula is C5H6ClNO2S. The highest BCUT2D eigenvalue weighted by Gasteiger charge is 2.25. The van der Waals surface area contributed by atoms with Gasteiger partial charge in [-0.2, -0.15) is 0 Å². The average molecular weight is 180 g/mol. The molecule has 1 N–H and O–H groups in total. The molecule has 0 radical (unpaired) electrons. The Kier molecular flexibility index (Phi) is 2.59. The monoisotopic (exact) mass is 179 g/mol. The number of aliphatic carboxylic acids is 1. The summed E-state index contributed by atoms with van der Waals surface area (Å²) in [5, 5.41) is 10.3. The van der Waals surface area contributed by atoms with Crippen LogP contribution in [0.1, 0.15) is 6.42 Å². The summed E-state index contributed by atoms with van der Waals surface area (Å²) in [6.45, 7) is 0. The molecule has 3 nitrogen and oxygen atoms in total. The van der Waals surface area contributed by atoms with Crippen molar-refractivity contribution >= 4 is 29.7 Å². The Morgan fingerprint density at radius 1 is 1.90 bits per heavy atom. The number of hydrogen-bond acceptors (Lipinski definition) is 3. The number of nitrogens with zero attached hydrogens (tertiary/aromatic N) is 1. The Labute approximate surface area is 67.9 Å². The maximum absolute atomic E-state index is 10.4. The van der Waals surface area contributed by atoms with Crippen LogP contribution in [-0.4, -0.2) is 20.9 Å². The molecule has 0 aliphatic carbocycles. The van der Waals surface area contributed by atoms with Crippen LogP contribution in [0.3, 0.4) is 0 Å². The number of hydrogen-bond donors (Lipinski definition) is 1. The Morgan fingerprint density at radius 2 is 2.60 bits per heavy atom. The normalized spacial score (nSPS) is 26.7. The molecule has 5 heteroatoms. The molecule has 0 amide bonds. The van der Waals surface area contributed by atoms with Crippen molar-refractivity contribution in [3.63, 3.8) is 0 Å². The number of carboxylic acid groups (broad SMARTS) is 1. The smallest absolute Gasteiger partial charge is 0.323 e. The Morgan fingerprint density at radius 3 is 3.00 bits per heavy atom. The van der Waals surface area contributed by atoms with Gasteiger partial charge in [-0.05, 0) is 35.6 Å². The van der Waals surface area contributed by atoms with Gasteiger partial charge in [0, 0.05) is 0 Å². The maximum Gasteiger partial charge on any atom is 0.323 e. The second kappa shape index (κ2) is 3.27. The van der Waals surface area contributed by atoms with Gasteiger partial charge in [-0.25, -0.2) is 0 Å². The highest BCUT2D eigenvalue weighted by molar-refractivity contribution is 8.00. The van der Waals surface area contributed by atoms with Crippen molar-refractivity contribution in [1.82, 2.24) is 3.82 Å². The molecule has 0 aromatic heterocycles. The summed E-state index contributed by atoms with van der Waals surface area (Å²) < 4.78 is 1.21. The molecule has 1 heterocycles. The van der Waals surface area contributed by atoms with E-state index in [1.165, 1.54) is 15.8 Å². The third kappa shape index (κ3) is 1.65. The summed E-state index contributed by atoms with van der Waals surface area (Å²) in [6.07, 6.45) is 2.27. The molecule has 0 bridgehead atoms. The third-order valence-electron chi connectivity index (χ3n) is 1.15. The molecule has 1 unspecified atom stereocenters. The van der Waals surface area contributed by atoms with Gasteiger partial charge in [0.1, 0.15) is 6.04 Å². The van der Waals surface area contributed by atoms with Crippen LogP contribution in [0.25, 0.3) is 0 Å². The lowest BCUT2D eigenvalue weighted by Crippen LogP contribution is -2.31. The minimum atomic E-state index is -0.883. The molecule has 10 heavy (non-hydrogen) atoms. The molecule has 56 valence electrons. The highest BCUT2D eigenvalue weighted by Crippen LogP contribution is 2.25. The van der Waals surface area contributed by atoms with Crippen molar-refractivity contribution < 1.29 is 9.90 Å². The van der Waals surface area contributed by atoms with Crippen LogP contribution >= 0.6 is 23.7 Å². The Balaban J connectivity index is 2.59. The number of carboxylic acids is 1. The molecule has 0 fully saturated rings. The van der Waals surface area contributed by atoms with Gasteiger partial charge in [0.15, 0.2) is 0 Å². The molecule has 0 saturated carbocycles. The van der Waals surface area contributed by atoms with Crippen molar-refractivity contribution in [3.05, 3.63) is 11.5 Å². The second-order valence-corrected chi connectivity index (χ2v) is 3.28. The first-order chi connectivity index (χ1) is 4.72. The fraction of sp³-hybridized carbons (Fsp3) is 0.400. The number of rotatable bonds is 1. The zero-order valence-corrected chi connectivity index (χ0v) is 6.60. The van der Waals surface area contributed by atoms with Gasteiger partial charge < -0.3 is 5.11 Å². The zero-order chi connectivity index (χ0) is 7.56. The lowest BCUT2D eigenvalue weighted by Gasteiger charge is -2.20. The van der Waals surface area contributed by atoms with E-state index in [2.05, 4.69) is 0 Å². The third-order valence-corrected chi connectivity index (χ3v) is 2.39. The molecule has 0 aromatic rings. The quantitative estimate of drug-likeness (QED) is 0.489. The van der Waals surface area contributed by atoms with Crippen molar-refractivity contribution in [3.8, 4) is 0 Å². The van der Waals surface area contributed by atoms with E-state index in [0.29, 0.717) is 6.42 Å². The number of carbonyl (C=O) groups is 1. The standard InChI is InChI=1S/C5H6ClNO2S/c6-7-4(5(8)9)2-1-3-10-7/h1,3-4H,2H2,(H,8,9). The van der Waals surface area contributed by atoms with Gasteiger partial charge in [-0.3, -0.25) is 4.79 Å².